The summed E-state index contributed by atoms with van der Waals surface area (Å²) in [5.74, 6) is -0.485. The highest BCUT2D eigenvalue weighted by Crippen LogP contribution is 2.63. The first-order chi connectivity index (χ1) is 11.1. The molecule has 1 aliphatic rings. The van der Waals surface area contributed by atoms with Crippen molar-refractivity contribution >= 4 is 23.5 Å². The third-order valence-electron chi connectivity index (χ3n) is 3.66. The van der Waals surface area contributed by atoms with Crippen LogP contribution >= 0.6 is 23.5 Å². The van der Waals surface area contributed by atoms with E-state index in [1.54, 1.807) is 0 Å². The van der Waals surface area contributed by atoms with Gasteiger partial charge in [0.05, 0.1) is 12.7 Å². The molecule has 1 aliphatic heterocycles. The summed E-state index contributed by atoms with van der Waals surface area (Å²) in [5.41, 5.74) is 2.01. The van der Waals surface area contributed by atoms with Gasteiger partial charge in [0.25, 0.3) is 0 Å². The first kappa shape index (κ1) is 16.9. The third kappa shape index (κ3) is 4.11. The Bertz CT molecular complexity index is 693. The normalized spacial score (nSPS) is 25.4. The topological polar surface area (TPSA) is 47.6 Å². The van der Waals surface area contributed by atoms with Crippen molar-refractivity contribution in [3.63, 3.8) is 0 Å². The zero-order valence-electron chi connectivity index (χ0n) is 12.8. The lowest BCUT2D eigenvalue weighted by atomic mass is 10.2. The Balaban J connectivity index is 1.84. The van der Waals surface area contributed by atoms with Gasteiger partial charge in [0.15, 0.2) is 0 Å². The summed E-state index contributed by atoms with van der Waals surface area (Å²) in [6.07, 6.45) is -0.155. The number of halogens is 1. The number of rotatable bonds is 5. The molecular weight excluding hydrogens is 377 g/mol. The van der Waals surface area contributed by atoms with Gasteiger partial charge in [0.1, 0.15) is 5.78 Å². The zero-order valence-corrected chi connectivity index (χ0v) is 15.3. The van der Waals surface area contributed by atoms with Gasteiger partial charge >= 0.3 is 7.60 Å². The highest BCUT2D eigenvalue weighted by molar-refractivity contribution is 9.10. The summed E-state index contributed by atoms with van der Waals surface area (Å²) >= 11 is 3.42. The molecule has 2 aromatic rings. The zero-order chi connectivity index (χ0) is 16.3. The number of nitrogens with one attached hydrogen (secondary N) is 1. The second-order valence-corrected chi connectivity index (χ2v) is 8.55. The summed E-state index contributed by atoms with van der Waals surface area (Å²) < 4.78 is 25.3. The van der Waals surface area contributed by atoms with Crippen molar-refractivity contribution < 1.29 is 13.6 Å². The molecular formula is C17H19BrNO3P. The first-order valence-electron chi connectivity index (χ1n) is 7.52. The maximum atomic E-state index is 13.1. The van der Waals surface area contributed by atoms with Crippen molar-refractivity contribution in [3.8, 4) is 0 Å². The van der Waals surface area contributed by atoms with Gasteiger partial charge in [-0.3, -0.25) is 9.88 Å². The SMILES string of the molecule is C[C@H]1CO[P@](=O)([C@@H](NCc2ccccc2)c2ccc(Br)cc2)O1. The first-order valence-corrected chi connectivity index (χ1v) is 9.93. The van der Waals surface area contributed by atoms with E-state index in [-0.39, 0.29) is 6.10 Å². The van der Waals surface area contributed by atoms with Crippen LogP contribution in [0.15, 0.2) is 59.1 Å². The van der Waals surface area contributed by atoms with Crippen LogP contribution in [0, 0.1) is 0 Å². The third-order valence-corrected chi connectivity index (χ3v) is 6.46. The minimum atomic E-state index is -3.24. The fourth-order valence-electron chi connectivity index (χ4n) is 2.52. The Morgan fingerprint density at radius 3 is 2.52 bits per heavy atom. The molecule has 0 saturated carbocycles. The lowest BCUT2D eigenvalue weighted by Crippen LogP contribution is -2.21. The van der Waals surface area contributed by atoms with Gasteiger partial charge in [0, 0.05) is 11.0 Å². The Labute approximate surface area is 144 Å². The van der Waals surface area contributed by atoms with E-state index in [9.17, 15) is 4.57 Å². The molecule has 1 N–H and O–H groups in total. The van der Waals surface area contributed by atoms with Gasteiger partial charge < -0.3 is 9.05 Å². The van der Waals surface area contributed by atoms with Gasteiger partial charge in [0.2, 0.25) is 0 Å². The second-order valence-electron chi connectivity index (χ2n) is 5.57. The molecule has 122 valence electrons. The van der Waals surface area contributed by atoms with Crippen molar-refractivity contribution in [3.05, 3.63) is 70.2 Å². The van der Waals surface area contributed by atoms with E-state index >= 15 is 0 Å². The second kappa shape index (κ2) is 7.29. The van der Waals surface area contributed by atoms with Crippen LogP contribution in [0.3, 0.4) is 0 Å². The molecule has 2 aromatic carbocycles. The lowest BCUT2D eigenvalue weighted by Gasteiger charge is -2.24. The molecule has 0 unspecified atom stereocenters. The van der Waals surface area contributed by atoms with Crippen LogP contribution in [-0.4, -0.2) is 12.7 Å². The van der Waals surface area contributed by atoms with Gasteiger partial charge in [-0.05, 0) is 30.2 Å². The largest absolute Gasteiger partial charge is 0.352 e. The van der Waals surface area contributed by atoms with Crippen LogP contribution in [0.2, 0.25) is 0 Å². The van der Waals surface area contributed by atoms with E-state index in [0.29, 0.717) is 13.2 Å². The molecule has 0 bridgehead atoms. The average Bonchev–Trinajstić information content (AvgIpc) is 2.90. The van der Waals surface area contributed by atoms with E-state index in [0.717, 1.165) is 15.6 Å². The lowest BCUT2D eigenvalue weighted by molar-refractivity contribution is 0.253. The highest BCUT2D eigenvalue weighted by atomic mass is 79.9. The van der Waals surface area contributed by atoms with Gasteiger partial charge in [-0.15, -0.1) is 0 Å². The van der Waals surface area contributed by atoms with Gasteiger partial charge in [-0.1, -0.05) is 58.4 Å². The van der Waals surface area contributed by atoms with E-state index in [4.69, 9.17) is 9.05 Å². The number of benzene rings is 2. The average molecular weight is 396 g/mol. The molecule has 0 aromatic heterocycles. The maximum Gasteiger partial charge on any atom is 0.352 e. The predicted molar refractivity (Wildman–Crippen MR) is 94.3 cm³/mol. The van der Waals surface area contributed by atoms with E-state index < -0.39 is 13.4 Å². The molecule has 1 saturated heterocycles. The smallest absolute Gasteiger partial charge is 0.304 e. The molecule has 1 fully saturated rings. The molecule has 0 spiro atoms. The quantitative estimate of drug-likeness (QED) is 0.733. The Kier molecular flexibility index (Phi) is 5.34. The molecule has 0 amide bonds. The molecule has 23 heavy (non-hydrogen) atoms. The Morgan fingerprint density at radius 1 is 1.22 bits per heavy atom. The minimum absolute atomic E-state index is 0.155. The van der Waals surface area contributed by atoms with Crippen LogP contribution in [-0.2, 0) is 20.2 Å². The fraction of sp³-hybridized carbons (Fsp3) is 0.294. The van der Waals surface area contributed by atoms with E-state index in [2.05, 4.69) is 21.2 Å². The predicted octanol–water partition coefficient (Wildman–Crippen LogP) is 4.87. The van der Waals surface area contributed by atoms with Gasteiger partial charge in [-0.2, -0.15) is 0 Å². The summed E-state index contributed by atoms with van der Waals surface area (Å²) in [6.45, 7) is 2.82. The van der Waals surface area contributed by atoms with Crippen molar-refractivity contribution in [2.24, 2.45) is 0 Å². The fourth-order valence-corrected chi connectivity index (χ4v) is 4.95. The summed E-state index contributed by atoms with van der Waals surface area (Å²) in [5, 5.41) is 3.35. The highest BCUT2D eigenvalue weighted by Gasteiger charge is 2.43. The standard InChI is InChI=1S/C17H19BrNO3P/c1-13-12-21-23(20,22-13)17(15-7-9-16(18)10-8-15)19-11-14-5-3-2-4-6-14/h2-10,13,17,19H,11-12H2,1H3/t13-,17+,23+/m0/s1. The van der Waals surface area contributed by atoms with Crippen molar-refractivity contribution in [2.45, 2.75) is 25.4 Å². The van der Waals surface area contributed by atoms with E-state index in [1.165, 1.54) is 0 Å². The Hall–Kier alpha value is -0.970. The number of hydrogen-bond acceptors (Lipinski definition) is 4. The van der Waals surface area contributed by atoms with Crippen LogP contribution < -0.4 is 5.32 Å². The van der Waals surface area contributed by atoms with E-state index in [1.807, 2.05) is 61.5 Å². The summed E-state index contributed by atoms with van der Waals surface area (Å²) in [6, 6.07) is 17.7. The van der Waals surface area contributed by atoms with Crippen LogP contribution in [0.5, 0.6) is 0 Å². The molecule has 3 rings (SSSR count). The van der Waals surface area contributed by atoms with Crippen LogP contribution in [0.1, 0.15) is 23.8 Å². The summed E-state index contributed by atoms with van der Waals surface area (Å²) in [7, 11) is -3.24. The van der Waals surface area contributed by atoms with Crippen molar-refractivity contribution in [1.29, 1.82) is 0 Å². The monoisotopic (exact) mass is 395 g/mol. The molecule has 6 heteroatoms. The van der Waals surface area contributed by atoms with Crippen LogP contribution in [0.4, 0.5) is 0 Å². The Morgan fingerprint density at radius 2 is 1.91 bits per heavy atom. The van der Waals surface area contributed by atoms with Crippen molar-refractivity contribution in [2.75, 3.05) is 6.61 Å². The minimum Gasteiger partial charge on any atom is -0.304 e. The van der Waals surface area contributed by atoms with Crippen LogP contribution in [0.25, 0.3) is 0 Å². The molecule has 0 radical (unpaired) electrons. The molecule has 1 heterocycles. The van der Waals surface area contributed by atoms with Crippen molar-refractivity contribution in [1.82, 2.24) is 5.32 Å². The molecule has 3 atom stereocenters. The number of hydrogen-bond donors (Lipinski definition) is 1. The maximum absolute atomic E-state index is 13.1. The van der Waals surface area contributed by atoms with Gasteiger partial charge in [-0.25, -0.2) is 0 Å². The molecule has 0 aliphatic carbocycles. The molecule has 4 nitrogen and oxygen atoms in total. The summed E-state index contributed by atoms with van der Waals surface area (Å²) in [4.78, 5) is 0.